The average Bonchev–Trinajstić information content (AvgIpc) is 2.50. The maximum atomic E-state index is 4.36. The first kappa shape index (κ1) is 12.9. The highest BCUT2D eigenvalue weighted by atomic mass is 15.1. The Morgan fingerprint density at radius 1 is 1.39 bits per heavy atom. The predicted molar refractivity (Wildman–Crippen MR) is 77.8 cm³/mol. The zero-order valence-corrected chi connectivity index (χ0v) is 11.6. The van der Waals surface area contributed by atoms with Crippen LogP contribution >= 0.6 is 0 Å². The Hall–Kier alpha value is -1.57. The van der Waals surface area contributed by atoms with Gasteiger partial charge >= 0.3 is 0 Å². The van der Waals surface area contributed by atoms with E-state index in [1.165, 1.54) is 11.3 Å². The Balaban J connectivity index is 2.53. The van der Waals surface area contributed by atoms with Crippen molar-refractivity contribution in [1.29, 1.82) is 0 Å². The number of hydrogen-bond acceptors (Lipinski definition) is 2. The van der Waals surface area contributed by atoms with Crippen LogP contribution in [-0.2, 0) is 11.8 Å². The standard InChI is InChI=1S/C15H21N3/c1-15(2,3)12-11-14-17-8-5-6-10-18(14)13(12)7-9-16-4/h5-6,10-11,16H,7,9H2,1-4H3. The first-order chi connectivity index (χ1) is 8.54. The molecule has 0 atom stereocenters. The molecule has 2 rings (SSSR count). The van der Waals surface area contributed by atoms with Crippen molar-refractivity contribution in [2.24, 2.45) is 4.99 Å². The van der Waals surface area contributed by atoms with Gasteiger partial charge < -0.3 is 9.88 Å². The molecule has 0 aliphatic carbocycles. The molecule has 1 N–H and O–H groups in total. The summed E-state index contributed by atoms with van der Waals surface area (Å²) in [5.41, 5.74) is 2.84. The largest absolute Gasteiger partial charge is 0.319 e. The topological polar surface area (TPSA) is 29.3 Å². The van der Waals surface area contributed by atoms with Crippen LogP contribution in [0.4, 0.5) is 5.82 Å². The third kappa shape index (κ3) is 2.47. The van der Waals surface area contributed by atoms with Crippen LogP contribution in [0.5, 0.6) is 0 Å². The lowest BCUT2D eigenvalue weighted by atomic mass is 9.86. The number of likely N-dealkylation sites (N-methyl/N-ethyl adjacent to an activating group) is 1. The summed E-state index contributed by atoms with van der Waals surface area (Å²) >= 11 is 0. The van der Waals surface area contributed by atoms with Crippen molar-refractivity contribution in [3.05, 3.63) is 29.5 Å². The predicted octanol–water partition coefficient (Wildman–Crippen LogP) is 2.89. The second-order valence-corrected chi connectivity index (χ2v) is 5.59. The molecule has 0 unspecified atom stereocenters. The van der Waals surface area contributed by atoms with Gasteiger partial charge in [0.25, 0.3) is 0 Å². The molecule has 96 valence electrons. The number of allylic oxidation sites excluding steroid dienone is 2. The minimum atomic E-state index is 0.134. The average molecular weight is 243 g/mol. The molecule has 3 nitrogen and oxygen atoms in total. The second kappa shape index (κ2) is 4.97. The van der Waals surface area contributed by atoms with Crippen LogP contribution < -0.4 is 5.32 Å². The van der Waals surface area contributed by atoms with Gasteiger partial charge in [0, 0.05) is 30.9 Å². The van der Waals surface area contributed by atoms with E-state index in [0.717, 1.165) is 18.8 Å². The van der Waals surface area contributed by atoms with Gasteiger partial charge in [0.05, 0.1) is 0 Å². The van der Waals surface area contributed by atoms with Crippen molar-refractivity contribution in [3.63, 3.8) is 0 Å². The maximum absolute atomic E-state index is 4.36. The molecule has 0 aromatic carbocycles. The minimum Gasteiger partial charge on any atom is -0.319 e. The fraction of sp³-hybridized carbons (Fsp3) is 0.467. The van der Waals surface area contributed by atoms with Crippen LogP contribution in [0.3, 0.4) is 0 Å². The summed E-state index contributed by atoms with van der Waals surface area (Å²) in [6.45, 7) is 7.70. The molecule has 0 spiro atoms. The van der Waals surface area contributed by atoms with Crippen molar-refractivity contribution in [2.75, 3.05) is 13.6 Å². The molecule has 0 amide bonds. The summed E-state index contributed by atoms with van der Waals surface area (Å²) in [6, 6.07) is 2.18. The third-order valence-electron chi connectivity index (χ3n) is 3.13. The molecular weight excluding hydrogens is 222 g/mol. The van der Waals surface area contributed by atoms with Gasteiger partial charge in [-0.2, -0.15) is 4.99 Å². The molecule has 1 aliphatic rings. The van der Waals surface area contributed by atoms with E-state index in [1.807, 2.05) is 19.2 Å². The molecule has 3 heteroatoms. The highest BCUT2D eigenvalue weighted by Crippen LogP contribution is 2.33. The van der Waals surface area contributed by atoms with Crippen LogP contribution in [0.1, 0.15) is 32.0 Å². The fourth-order valence-electron chi connectivity index (χ4n) is 2.23. The van der Waals surface area contributed by atoms with Crippen LogP contribution in [0.15, 0.2) is 23.2 Å². The summed E-state index contributed by atoms with van der Waals surface area (Å²) in [5.74, 6) is 3.90. The van der Waals surface area contributed by atoms with Gasteiger partial charge in [-0.3, -0.25) is 0 Å². The normalized spacial score (nSPS) is 13.8. The molecule has 1 aromatic rings. The Morgan fingerprint density at radius 3 is 2.83 bits per heavy atom. The van der Waals surface area contributed by atoms with Gasteiger partial charge in [-0.05, 0) is 36.0 Å². The molecule has 0 saturated heterocycles. The maximum Gasteiger partial charge on any atom is 0.146 e. The molecule has 1 aliphatic heterocycles. The zero-order chi connectivity index (χ0) is 13.2. The van der Waals surface area contributed by atoms with E-state index in [1.54, 1.807) is 0 Å². The van der Waals surface area contributed by atoms with Crippen LogP contribution in [0.25, 0.3) is 6.20 Å². The first-order valence-electron chi connectivity index (χ1n) is 6.39. The molecule has 2 heterocycles. The molecule has 1 aromatic heterocycles. The monoisotopic (exact) mass is 243 g/mol. The van der Waals surface area contributed by atoms with E-state index in [4.69, 9.17) is 0 Å². The van der Waals surface area contributed by atoms with Crippen molar-refractivity contribution >= 4 is 17.9 Å². The van der Waals surface area contributed by atoms with Crippen molar-refractivity contribution in [1.82, 2.24) is 9.88 Å². The number of hydrogen-bond donors (Lipinski definition) is 1. The number of aliphatic imine (C=N–C) groups is 1. The van der Waals surface area contributed by atoms with Crippen molar-refractivity contribution in [2.45, 2.75) is 32.6 Å². The van der Waals surface area contributed by atoms with E-state index >= 15 is 0 Å². The molecule has 0 bridgehead atoms. The minimum absolute atomic E-state index is 0.134. The Bertz CT molecular complexity index is 521. The number of nitrogens with one attached hydrogen (secondary N) is 1. The lowest BCUT2D eigenvalue weighted by Gasteiger charge is -2.20. The van der Waals surface area contributed by atoms with Crippen LogP contribution in [0.2, 0.25) is 0 Å². The Labute approximate surface area is 109 Å². The lowest BCUT2D eigenvalue weighted by Crippen LogP contribution is -2.18. The van der Waals surface area contributed by atoms with Crippen LogP contribution in [-0.4, -0.2) is 24.0 Å². The van der Waals surface area contributed by atoms with E-state index in [2.05, 4.69) is 53.8 Å². The SMILES string of the molecule is CNCCc1c(C(C)(C)C)cc2n1C=CC=C=N2. The Kier molecular flexibility index (Phi) is 3.55. The molecule has 0 saturated carbocycles. The van der Waals surface area contributed by atoms with Gasteiger partial charge in [-0.25, -0.2) is 0 Å². The molecule has 18 heavy (non-hydrogen) atoms. The van der Waals surface area contributed by atoms with E-state index in [-0.39, 0.29) is 5.41 Å². The smallest absolute Gasteiger partial charge is 0.146 e. The lowest BCUT2D eigenvalue weighted by molar-refractivity contribution is 0.578. The number of nitrogens with zero attached hydrogens (tertiary/aromatic N) is 2. The first-order valence-corrected chi connectivity index (χ1v) is 6.39. The van der Waals surface area contributed by atoms with E-state index in [0.29, 0.717) is 0 Å². The van der Waals surface area contributed by atoms with Crippen LogP contribution in [0, 0.1) is 0 Å². The number of fused-ring (bicyclic) bond motifs is 1. The fourth-order valence-corrected chi connectivity index (χ4v) is 2.23. The summed E-state index contributed by atoms with van der Waals surface area (Å²) in [5, 5.41) is 3.22. The summed E-state index contributed by atoms with van der Waals surface area (Å²) in [6.07, 6.45) is 6.89. The zero-order valence-electron chi connectivity index (χ0n) is 11.6. The van der Waals surface area contributed by atoms with E-state index < -0.39 is 0 Å². The quantitative estimate of drug-likeness (QED) is 0.869. The van der Waals surface area contributed by atoms with Gasteiger partial charge in [0.15, 0.2) is 0 Å². The highest BCUT2D eigenvalue weighted by molar-refractivity contribution is 5.66. The van der Waals surface area contributed by atoms with Gasteiger partial charge in [-0.15, -0.1) is 0 Å². The van der Waals surface area contributed by atoms with Gasteiger partial charge in [-0.1, -0.05) is 20.8 Å². The highest BCUT2D eigenvalue weighted by Gasteiger charge is 2.23. The number of rotatable bonds is 3. The van der Waals surface area contributed by atoms with Gasteiger partial charge in [0.2, 0.25) is 0 Å². The summed E-state index contributed by atoms with van der Waals surface area (Å²) in [7, 11) is 1.98. The molecule has 0 fully saturated rings. The Morgan fingerprint density at radius 2 is 2.17 bits per heavy atom. The van der Waals surface area contributed by atoms with Gasteiger partial charge in [0.1, 0.15) is 5.82 Å². The summed E-state index contributed by atoms with van der Waals surface area (Å²) < 4.78 is 2.18. The number of aromatic nitrogens is 1. The van der Waals surface area contributed by atoms with Crippen molar-refractivity contribution < 1.29 is 0 Å². The van der Waals surface area contributed by atoms with E-state index in [9.17, 15) is 0 Å². The molecule has 0 radical (unpaired) electrons. The molecular formula is C15H21N3. The van der Waals surface area contributed by atoms with Crippen molar-refractivity contribution in [3.8, 4) is 0 Å². The third-order valence-corrected chi connectivity index (χ3v) is 3.13. The summed E-state index contributed by atoms with van der Waals surface area (Å²) in [4.78, 5) is 4.36. The second-order valence-electron chi connectivity index (χ2n) is 5.59.